The Balaban J connectivity index is 1.47. The van der Waals surface area contributed by atoms with Gasteiger partial charge in [-0.15, -0.1) is 0 Å². The number of halogens is 1. The molecule has 1 aliphatic heterocycles. The molecule has 1 aromatic heterocycles. The van der Waals surface area contributed by atoms with Crippen molar-refractivity contribution in [2.24, 2.45) is 0 Å². The number of hydrogen-bond acceptors (Lipinski definition) is 4. The van der Waals surface area contributed by atoms with Crippen LogP contribution in [0.2, 0.25) is 5.02 Å². The van der Waals surface area contributed by atoms with Crippen molar-refractivity contribution in [3.8, 4) is 0 Å². The molecule has 0 saturated carbocycles. The first-order chi connectivity index (χ1) is 15.2. The summed E-state index contributed by atoms with van der Waals surface area (Å²) in [5.41, 5.74) is 8.01. The van der Waals surface area contributed by atoms with Crippen molar-refractivity contribution in [2.45, 2.75) is 51.4 Å². The predicted octanol–water partition coefficient (Wildman–Crippen LogP) is 5.46. The number of esters is 1. The molecule has 0 unspecified atom stereocenters. The molecule has 0 radical (unpaired) electrons. The minimum absolute atomic E-state index is 0.104. The maximum Gasteiger partial charge on any atom is 0.305 e. The zero-order valence-corrected chi connectivity index (χ0v) is 19.1. The summed E-state index contributed by atoms with van der Waals surface area (Å²) in [7, 11) is 1.46. The second kappa shape index (κ2) is 10.4. The standard InChI is InChI=1S/C26H31ClN2O2/c1-31-24(30)7-3-2-4-15-29-16-12-19(13-17-29)25-23-11-10-22(27)18-21(23)9-8-20-6-5-14-28-26(20)25/h5-6,10-11,14,18H,2-4,7-9,12-13,15-17H2,1H3. The molecule has 4 rings (SSSR count). The largest absolute Gasteiger partial charge is 0.469 e. The molecule has 1 fully saturated rings. The van der Waals surface area contributed by atoms with Gasteiger partial charge in [0.25, 0.3) is 0 Å². The summed E-state index contributed by atoms with van der Waals surface area (Å²) in [6.45, 7) is 3.27. The molecule has 31 heavy (non-hydrogen) atoms. The van der Waals surface area contributed by atoms with Gasteiger partial charge in [0.05, 0.1) is 12.8 Å². The lowest BCUT2D eigenvalue weighted by atomic mass is 9.88. The highest BCUT2D eigenvalue weighted by molar-refractivity contribution is 6.30. The van der Waals surface area contributed by atoms with Gasteiger partial charge in [0, 0.05) is 36.3 Å². The van der Waals surface area contributed by atoms with Gasteiger partial charge in [0.1, 0.15) is 0 Å². The molecule has 2 aromatic rings. The van der Waals surface area contributed by atoms with Gasteiger partial charge >= 0.3 is 5.97 Å². The Morgan fingerprint density at radius 3 is 2.68 bits per heavy atom. The Morgan fingerprint density at radius 2 is 1.87 bits per heavy atom. The van der Waals surface area contributed by atoms with Crippen LogP contribution in [0.15, 0.2) is 42.1 Å². The number of piperidine rings is 1. The van der Waals surface area contributed by atoms with E-state index in [-0.39, 0.29) is 5.97 Å². The fourth-order valence-electron chi connectivity index (χ4n) is 4.81. The van der Waals surface area contributed by atoms with Gasteiger partial charge < -0.3 is 9.64 Å². The van der Waals surface area contributed by atoms with Gasteiger partial charge in [-0.3, -0.25) is 9.78 Å². The maximum atomic E-state index is 11.2. The third-order valence-corrected chi connectivity index (χ3v) is 6.76. The summed E-state index contributed by atoms with van der Waals surface area (Å²) in [6.07, 6.45) is 9.74. The molecule has 0 N–H and O–H groups in total. The Hall–Kier alpha value is -2.17. The van der Waals surface area contributed by atoms with Gasteiger partial charge in [-0.05, 0) is 80.0 Å². The van der Waals surface area contributed by atoms with Crippen LogP contribution in [-0.4, -0.2) is 42.6 Å². The number of aryl methyl sites for hydroxylation is 2. The molecule has 0 atom stereocenters. The third-order valence-electron chi connectivity index (χ3n) is 6.52. The van der Waals surface area contributed by atoms with Crippen molar-refractivity contribution in [2.75, 3.05) is 26.7 Å². The van der Waals surface area contributed by atoms with Crippen LogP contribution < -0.4 is 0 Å². The van der Waals surface area contributed by atoms with E-state index in [1.165, 1.54) is 34.9 Å². The summed E-state index contributed by atoms with van der Waals surface area (Å²) < 4.78 is 4.71. The Labute approximate surface area is 190 Å². The normalized spacial score (nSPS) is 16.5. The number of benzene rings is 1. The smallest absolute Gasteiger partial charge is 0.305 e. The van der Waals surface area contributed by atoms with Gasteiger partial charge in [0.2, 0.25) is 0 Å². The summed E-state index contributed by atoms with van der Waals surface area (Å²) in [5.74, 6) is -0.104. The first-order valence-electron chi connectivity index (χ1n) is 11.4. The minimum atomic E-state index is -0.104. The highest BCUT2D eigenvalue weighted by Gasteiger charge is 2.25. The van der Waals surface area contributed by atoms with E-state index in [0.717, 1.165) is 75.3 Å². The lowest BCUT2D eigenvalue weighted by Crippen LogP contribution is -2.32. The van der Waals surface area contributed by atoms with Crippen molar-refractivity contribution >= 4 is 23.1 Å². The van der Waals surface area contributed by atoms with Crippen LogP contribution >= 0.6 is 11.6 Å². The fourth-order valence-corrected chi connectivity index (χ4v) is 5.01. The monoisotopic (exact) mass is 438 g/mol. The summed E-state index contributed by atoms with van der Waals surface area (Å²) in [5, 5.41) is 0.809. The average Bonchev–Trinajstić information content (AvgIpc) is 2.96. The summed E-state index contributed by atoms with van der Waals surface area (Å²) in [4.78, 5) is 18.6. The van der Waals surface area contributed by atoms with Crippen molar-refractivity contribution in [1.82, 2.24) is 9.88 Å². The number of fused-ring (bicyclic) bond motifs is 2. The first-order valence-corrected chi connectivity index (χ1v) is 11.8. The maximum absolute atomic E-state index is 11.2. The molecule has 2 aliphatic rings. The third kappa shape index (κ3) is 5.36. The van der Waals surface area contributed by atoms with Crippen molar-refractivity contribution in [3.05, 3.63) is 69.5 Å². The first kappa shape index (κ1) is 22.0. The van der Waals surface area contributed by atoms with Crippen LogP contribution in [-0.2, 0) is 22.4 Å². The van der Waals surface area contributed by atoms with Crippen molar-refractivity contribution < 1.29 is 9.53 Å². The highest BCUT2D eigenvalue weighted by Crippen LogP contribution is 2.38. The van der Waals surface area contributed by atoms with Crippen molar-refractivity contribution in [1.29, 1.82) is 0 Å². The van der Waals surface area contributed by atoms with Crippen LogP contribution in [0.5, 0.6) is 0 Å². The number of pyridine rings is 1. The number of unbranched alkanes of at least 4 members (excludes halogenated alkanes) is 2. The van der Waals surface area contributed by atoms with E-state index in [0.29, 0.717) is 6.42 Å². The van der Waals surface area contributed by atoms with E-state index in [9.17, 15) is 4.79 Å². The van der Waals surface area contributed by atoms with Crippen LogP contribution in [0.3, 0.4) is 0 Å². The second-order valence-corrected chi connectivity index (χ2v) is 8.96. The molecule has 1 aromatic carbocycles. The second-order valence-electron chi connectivity index (χ2n) is 8.52. The predicted molar refractivity (Wildman–Crippen MR) is 125 cm³/mol. The zero-order chi connectivity index (χ0) is 21.6. The van der Waals surface area contributed by atoms with E-state index in [4.69, 9.17) is 21.3 Å². The summed E-state index contributed by atoms with van der Waals surface area (Å²) in [6, 6.07) is 10.6. The fraction of sp³-hybridized carbons (Fsp3) is 0.462. The molecule has 5 heteroatoms. The number of carbonyl (C=O) groups is 1. The average molecular weight is 439 g/mol. The Kier molecular flexibility index (Phi) is 7.41. The number of aromatic nitrogens is 1. The molecule has 2 heterocycles. The van der Waals surface area contributed by atoms with Gasteiger partial charge in [-0.1, -0.05) is 35.7 Å². The number of methoxy groups -OCH3 is 1. The molecular formula is C26H31ClN2O2. The Morgan fingerprint density at radius 1 is 1.06 bits per heavy atom. The van der Waals surface area contributed by atoms with Crippen LogP contribution in [0.1, 0.15) is 60.9 Å². The molecule has 0 amide bonds. The van der Waals surface area contributed by atoms with E-state index in [1.807, 2.05) is 18.3 Å². The topological polar surface area (TPSA) is 42.4 Å². The molecular weight excluding hydrogens is 408 g/mol. The van der Waals surface area contributed by atoms with Crippen LogP contribution in [0, 0.1) is 0 Å². The minimum Gasteiger partial charge on any atom is -0.469 e. The van der Waals surface area contributed by atoms with Gasteiger partial charge in [-0.25, -0.2) is 0 Å². The Bertz CT molecular complexity index is 960. The molecule has 164 valence electrons. The van der Waals surface area contributed by atoms with Crippen LogP contribution in [0.4, 0.5) is 0 Å². The lowest BCUT2D eigenvalue weighted by molar-refractivity contribution is -0.140. The van der Waals surface area contributed by atoms with Gasteiger partial charge in [0.15, 0.2) is 0 Å². The number of rotatable bonds is 6. The number of hydrogen-bond donors (Lipinski definition) is 0. The number of ether oxygens (including phenoxy) is 1. The molecule has 1 saturated heterocycles. The van der Waals surface area contributed by atoms with Crippen molar-refractivity contribution in [3.63, 3.8) is 0 Å². The van der Waals surface area contributed by atoms with E-state index < -0.39 is 0 Å². The van der Waals surface area contributed by atoms with E-state index in [1.54, 1.807) is 0 Å². The summed E-state index contributed by atoms with van der Waals surface area (Å²) >= 11 is 6.33. The number of likely N-dealkylation sites (tertiary alicyclic amines) is 1. The van der Waals surface area contributed by atoms with Crippen LogP contribution in [0.25, 0.3) is 5.57 Å². The molecule has 4 nitrogen and oxygen atoms in total. The van der Waals surface area contributed by atoms with E-state index >= 15 is 0 Å². The lowest BCUT2D eigenvalue weighted by Gasteiger charge is -2.30. The highest BCUT2D eigenvalue weighted by atomic mass is 35.5. The quantitative estimate of drug-likeness (QED) is 0.443. The van der Waals surface area contributed by atoms with E-state index in [2.05, 4.69) is 23.1 Å². The molecule has 1 aliphatic carbocycles. The zero-order valence-electron chi connectivity index (χ0n) is 18.3. The van der Waals surface area contributed by atoms with Gasteiger partial charge in [-0.2, -0.15) is 0 Å². The molecule has 0 bridgehead atoms. The SMILES string of the molecule is COC(=O)CCCCCN1CCC(=C2c3ccc(Cl)cc3CCc3cccnc32)CC1. The number of carbonyl (C=O) groups excluding carboxylic acids is 1. The molecule has 0 spiro atoms. The number of nitrogens with zero attached hydrogens (tertiary/aromatic N) is 2.